The summed E-state index contributed by atoms with van der Waals surface area (Å²) < 4.78 is 76.2. The van der Waals surface area contributed by atoms with Crippen molar-refractivity contribution < 1.29 is 36.2 Å². The fourth-order valence-corrected chi connectivity index (χ4v) is 5.80. The SMILES string of the molecule is COc1cc(S(C)(=O)=O)ccc1NCC#Cc1cc2c(NC3CCN(C[C@@H](CO)OC)CC3)cccc2n1CC(F)(F)F. The molecule has 234 valence electrons. The van der Waals surface area contributed by atoms with Crippen LogP contribution >= 0.6 is 0 Å². The second-order valence-corrected chi connectivity index (χ2v) is 12.5. The molecule has 4 rings (SSSR count). The third-order valence-corrected chi connectivity index (χ3v) is 8.52. The molecule has 0 spiro atoms. The Morgan fingerprint density at radius 2 is 1.86 bits per heavy atom. The van der Waals surface area contributed by atoms with Gasteiger partial charge < -0.3 is 34.7 Å². The summed E-state index contributed by atoms with van der Waals surface area (Å²) in [7, 11) is -0.428. The highest BCUT2D eigenvalue weighted by Crippen LogP contribution is 2.32. The predicted molar refractivity (Wildman–Crippen MR) is 160 cm³/mol. The molecule has 1 aliphatic rings. The molecule has 0 aliphatic carbocycles. The standard InChI is InChI=1S/C30H37F3N4O5S/c1-41-23(19-38)18-36-14-11-21(12-15-36)35-26-7-4-8-28-25(26)16-22(37(28)20-30(31,32)33)6-5-13-34-27-10-9-24(43(3,39)40)17-29(27)42-2/h4,7-10,16-17,21,23,34-35,38H,11-15,18-20H2,1-3H3/t23-/m0/s1. The van der Waals surface area contributed by atoms with Gasteiger partial charge >= 0.3 is 6.18 Å². The van der Waals surface area contributed by atoms with Gasteiger partial charge in [0.1, 0.15) is 12.3 Å². The summed E-state index contributed by atoms with van der Waals surface area (Å²) in [4.78, 5) is 2.34. The Balaban J connectivity index is 1.52. The van der Waals surface area contributed by atoms with Crippen molar-refractivity contribution in [1.82, 2.24) is 9.47 Å². The van der Waals surface area contributed by atoms with E-state index in [-0.39, 0.29) is 35.9 Å². The van der Waals surface area contributed by atoms with Crippen LogP contribution in [0.25, 0.3) is 10.9 Å². The van der Waals surface area contributed by atoms with Gasteiger partial charge in [-0.2, -0.15) is 13.2 Å². The van der Waals surface area contributed by atoms with Crippen LogP contribution in [-0.2, 0) is 21.1 Å². The van der Waals surface area contributed by atoms with E-state index >= 15 is 0 Å². The molecular formula is C30H37F3N4O5S. The number of fused-ring (bicyclic) bond motifs is 1. The molecule has 3 N–H and O–H groups in total. The van der Waals surface area contributed by atoms with E-state index in [4.69, 9.17) is 9.47 Å². The summed E-state index contributed by atoms with van der Waals surface area (Å²) in [6.45, 7) is 1.14. The van der Waals surface area contributed by atoms with Crippen molar-refractivity contribution in [2.45, 2.75) is 42.6 Å². The van der Waals surface area contributed by atoms with Crippen molar-refractivity contribution in [3.8, 4) is 17.6 Å². The van der Waals surface area contributed by atoms with E-state index in [2.05, 4.69) is 27.4 Å². The van der Waals surface area contributed by atoms with Crippen LogP contribution in [0.5, 0.6) is 5.75 Å². The maximum atomic E-state index is 13.6. The average molecular weight is 623 g/mol. The van der Waals surface area contributed by atoms with Crippen molar-refractivity contribution in [2.24, 2.45) is 0 Å². The zero-order valence-corrected chi connectivity index (χ0v) is 25.2. The molecule has 1 atom stereocenters. The maximum absolute atomic E-state index is 13.6. The van der Waals surface area contributed by atoms with Crippen LogP contribution in [0, 0.1) is 11.8 Å². The van der Waals surface area contributed by atoms with Crippen molar-refractivity contribution in [3.63, 3.8) is 0 Å². The lowest BCUT2D eigenvalue weighted by Crippen LogP contribution is -2.43. The number of likely N-dealkylation sites (tertiary alicyclic amines) is 1. The molecule has 9 nitrogen and oxygen atoms in total. The van der Waals surface area contributed by atoms with E-state index in [0.29, 0.717) is 28.9 Å². The number of nitrogens with zero attached hydrogens (tertiary/aromatic N) is 2. The van der Waals surface area contributed by atoms with Crippen molar-refractivity contribution in [3.05, 3.63) is 48.2 Å². The summed E-state index contributed by atoms with van der Waals surface area (Å²) in [5.74, 6) is 6.08. The van der Waals surface area contributed by atoms with E-state index in [1.54, 1.807) is 31.4 Å². The van der Waals surface area contributed by atoms with Gasteiger partial charge in [0, 0.05) is 56.2 Å². The molecule has 0 radical (unpaired) electrons. The summed E-state index contributed by atoms with van der Waals surface area (Å²) in [6.07, 6.45) is -1.89. The Labute approximate surface area is 249 Å². The van der Waals surface area contributed by atoms with Crippen molar-refractivity contribution >= 4 is 32.1 Å². The first-order valence-corrected chi connectivity index (χ1v) is 15.7. The van der Waals surface area contributed by atoms with E-state index in [1.807, 2.05) is 6.07 Å². The fourth-order valence-electron chi connectivity index (χ4n) is 5.16. The zero-order valence-electron chi connectivity index (χ0n) is 24.4. The number of piperidine rings is 1. The maximum Gasteiger partial charge on any atom is 0.406 e. The topological polar surface area (TPSA) is 105 Å². The van der Waals surface area contributed by atoms with E-state index in [0.717, 1.165) is 37.9 Å². The highest BCUT2D eigenvalue weighted by atomic mass is 32.2. The van der Waals surface area contributed by atoms with Gasteiger partial charge in [-0.15, -0.1) is 0 Å². The summed E-state index contributed by atoms with van der Waals surface area (Å²) >= 11 is 0. The molecule has 43 heavy (non-hydrogen) atoms. The Morgan fingerprint density at radius 3 is 2.49 bits per heavy atom. The number of hydrogen-bond donors (Lipinski definition) is 3. The Hall–Kier alpha value is -3.44. The Morgan fingerprint density at radius 1 is 1.12 bits per heavy atom. The number of aromatic nitrogens is 1. The van der Waals surface area contributed by atoms with Gasteiger partial charge in [-0.3, -0.25) is 0 Å². The third kappa shape index (κ3) is 8.57. The second kappa shape index (κ2) is 13.9. The molecule has 0 bridgehead atoms. The fraction of sp³-hybridized carbons (Fsp3) is 0.467. The van der Waals surface area contributed by atoms with Crippen LogP contribution < -0.4 is 15.4 Å². The minimum Gasteiger partial charge on any atom is -0.495 e. The lowest BCUT2D eigenvalue weighted by atomic mass is 10.0. The lowest BCUT2D eigenvalue weighted by Gasteiger charge is -2.34. The smallest absolute Gasteiger partial charge is 0.406 e. The third-order valence-electron chi connectivity index (χ3n) is 7.41. The van der Waals surface area contributed by atoms with Crippen LogP contribution in [0.2, 0.25) is 0 Å². The van der Waals surface area contributed by atoms with Gasteiger partial charge in [0.05, 0.1) is 48.2 Å². The van der Waals surface area contributed by atoms with Crippen LogP contribution in [0.1, 0.15) is 18.5 Å². The lowest BCUT2D eigenvalue weighted by molar-refractivity contribution is -0.140. The van der Waals surface area contributed by atoms with Crippen molar-refractivity contribution in [1.29, 1.82) is 0 Å². The number of aliphatic hydroxyl groups is 1. The molecule has 1 saturated heterocycles. The average Bonchev–Trinajstić information content (AvgIpc) is 3.30. The monoisotopic (exact) mass is 622 g/mol. The molecule has 1 aromatic heterocycles. The number of nitrogens with one attached hydrogen (secondary N) is 2. The summed E-state index contributed by atoms with van der Waals surface area (Å²) in [5, 5.41) is 16.6. The number of sulfone groups is 1. The number of alkyl halides is 3. The molecule has 2 aromatic carbocycles. The number of benzene rings is 2. The predicted octanol–water partition coefficient (Wildman–Crippen LogP) is 3.96. The Kier molecular flexibility index (Phi) is 10.5. The van der Waals surface area contributed by atoms with Crippen LogP contribution in [0.4, 0.5) is 24.5 Å². The largest absolute Gasteiger partial charge is 0.495 e. The minimum atomic E-state index is -4.44. The number of hydrogen-bond acceptors (Lipinski definition) is 8. The summed E-state index contributed by atoms with van der Waals surface area (Å²) in [6, 6.07) is 11.5. The van der Waals surface area contributed by atoms with Gasteiger partial charge in [-0.05, 0) is 49.1 Å². The van der Waals surface area contributed by atoms with Crippen LogP contribution in [0.15, 0.2) is 47.4 Å². The first-order chi connectivity index (χ1) is 20.4. The molecule has 0 amide bonds. The van der Waals surface area contributed by atoms with Gasteiger partial charge in [-0.25, -0.2) is 8.42 Å². The van der Waals surface area contributed by atoms with E-state index in [9.17, 15) is 26.7 Å². The molecule has 3 aromatic rings. The first kappa shape index (κ1) is 32.5. The normalized spacial score (nSPS) is 15.6. The number of anilines is 2. The van der Waals surface area contributed by atoms with E-state index < -0.39 is 22.6 Å². The minimum absolute atomic E-state index is 0.0421. The number of rotatable bonds is 11. The quantitative estimate of drug-likeness (QED) is 0.276. The second-order valence-electron chi connectivity index (χ2n) is 10.5. The van der Waals surface area contributed by atoms with Crippen LogP contribution in [0.3, 0.4) is 0 Å². The number of aliphatic hydroxyl groups excluding tert-OH is 1. The van der Waals surface area contributed by atoms with E-state index in [1.165, 1.54) is 23.8 Å². The number of ether oxygens (including phenoxy) is 2. The molecule has 0 unspecified atom stereocenters. The molecule has 0 saturated carbocycles. The van der Waals surface area contributed by atoms with Crippen molar-refractivity contribution in [2.75, 3.05) is 63.9 Å². The zero-order chi connectivity index (χ0) is 31.2. The van der Waals surface area contributed by atoms with Gasteiger partial charge in [0.25, 0.3) is 0 Å². The highest BCUT2D eigenvalue weighted by molar-refractivity contribution is 7.90. The van der Waals surface area contributed by atoms with Gasteiger partial charge in [-0.1, -0.05) is 12.0 Å². The van der Waals surface area contributed by atoms with Gasteiger partial charge in [0.15, 0.2) is 9.84 Å². The summed E-state index contributed by atoms with van der Waals surface area (Å²) in [5.41, 5.74) is 1.92. The highest BCUT2D eigenvalue weighted by Gasteiger charge is 2.30. The molecule has 2 heterocycles. The number of methoxy groups -OCH3 is 2. The van der Waals surface area contributed by atoms with Crippen LogP contribution in [-0.4, -0.2) is 94.6 Å². The first-order valence-electron chi connectivity index (χ1n) is 13.8. The molecular weight excluding hydrogens is 585 g/mol. The molecule has 1 aliphatic heterocycles. The molecule has 1 fully saturated rings. The Bertz CT molecular complexity index is 1570. The molecule has 13 heteroatoms. The number of halogens is 3. The van der Waals surface area contributed by atoms with Gasteiger partial charge in [0.2, 0.25) is 0 Å².